The standard InChI is InChI=1S/C13H26O2/c1-3-4-5-6-8-12(14)11-13(15-2)9-7-10-13/h12,14H,3-11H2,1-2H3. The van der Waals surface area contributed by atoms with Crippen LogP contribution in [0.1, 0.15) is 64.7 Å². The van der Waals surface area contributed by atoms with E-state index in [1.807, 2.05) is 0 Å². The molecule has 1 saturated carbocycles. The van der Waals surface area contributed by atoms with E-state index in [0.29, 0.717) is 0 Å². The Morgan fingerprint density at radius 3 is 2.47 bits per heavy atom. The molecule has 15 heavy (non-hydrogen) atoms. The molecule has 0 aromatic carbocycles. The summed E-state index contributed by atoms with van der Waals surface area (Å²) >= 11 is 0. The van der Waals surface area contributed by atoms with Gasteiger partial charge in [0.25, 0.3) is 0 Å². The largest absolute Gasteiger partial charge is 0.393 e. The van der Waals surface area contributed by atoms with Crippen molar-refractivity contribution in [2.24, 2.45) is 0 Å². The van der Waals surface area contributed by atoms with Gasteiger partial charge in [-0.25, -0.2) is 0 Å². The van der Waals surface area contributed by atoms with Gasteiger partial charge in [-0.1, -0.05) is 32.6 Å². The van der Waals surface area contributed by atoms with Crippen molar-refractivity contribution < 1.29 is 9.84 Å². The van der Waals surface area contributed by atoms with Crippen molar-refractivity contribution in [2.45, 2.75) is 76.4 Å². The van der Waals surface area contributed by atoms with Crippen molar-refractivity contribution in [2.75, 3.05) is 7.11 Å². The maximum atomic E-state index is 9.90. The first-order valence-electron chi connectivity index (χ1n) is 6.45. The Labute approximate surface area is 94.0 Å². The number of aliphatic hydroxyl groups excluding tert-OH is 1. The lowest BCUT2D eigenvalue weighted by atomic mass is 9.75. The Bertz CT molecular complexity index is 158. The molecule has 2 heteroatoms. The molecular formula is C13H26O2. The number of aliphatic hydroxyl groups is 1. The highest BCUT2D eigenvalue weighted by Gasteiger charge is 2.38. The molecule has 1 fully saturated rings. The maximum absolute atomic E-state index is 9.90. The molecule has 0 aromatic heterocycles. The summed E-state index contributed by atoms with van der Waals surface area (Å²) in [5.74, 6) is 0. The Morgan fingerprint density at radius 1 is 1.27 bits per heavy atom. The number of rotatable bonds is 8. The van der Waals surface area contributed by atoms with E-state index in [4.69, 9.17) is 4.74 Å². The first kappa shape index (κ1) is 13.0. The summed E-state index contributed by atoms with van der Waals surface area (Å²) in [6.45, 7) is 2.21. The van der Waals surface area contributed by atoms with Crippen molar-refractivity contribution in [3.05, 3.63) is 0 Å². The van der Waals surface area contributed by atoms with Gasteiger partial charge in [-0.3, -0.25) is 0 Å². The lowest BCUT2D eigenvalue weighted by Gasteiger charge is -2.41. The highest BCUT2D eigenvalue weighted by atomic mass is 16.5. The predicted octanol–water partition coefficient (Wildman–Crippen LogP) is 3.28. The molecular weight excluding hydrogens is 188 g/mol. The molecule has 1 atom stereocenters. The Hall–Kier alpha value is -0.0800. The van der Waals surface area contributed by atoms with Crippen LogP contribution in [-0.2, 0) is 4.74 Å². The number of hydrogen-bond acceptors (Lipinski definition) is 2. The van der Waals surface area contributed by atoms with Crippen molar-refractivity contribution in [3.8, 4) is 0 Å². The van der Waals surface area contributed by atoms with Crippen LogP contribution in [-0.4, -0.2) is 23.9 Å². The van der Waals surface area contributed by atoms with Gasteiger partial charge in [0.2, 0.25) is 0 Å². The second-order valence-corrected chi connectivity index (χ2v) is 4.95. The number of methoxy groups -OCH3 is 1. The van der Waals surface area contributed by atoms with E-state index in [9.17, 15) is 5.11 Å². The molecule has 2 nitrogen and oxygen atoms in total. The lowest BCUT2D eigenvalue weighted by Crippen LogP contribution is -2.42. The molecule has 1 aliphatic carbocycles. The smallest absolute Gasteiger partial charge is 0.0703 e. The summed E-state index contributed by atoms with van der Waals surface area (Å²) in [4.78, 5) is 0. The molecule has 0 aliphatic heterocycles. The van der Waals surface area contributed by atoms with E-state index in [1.54, 1.807) is 7.11 Å². The first-order valence-corrected chi connectivity index (χ1v) is 6.45. The molecule has 0 bridgehead atoms. The zero-order chi connectivity index (χ0) is 11.1. The third-order valence-corrected chi connectivity index (χ3v) is 3.70. The quantitative estimate of drug-likeness (QED) is 0.628. The fourth-order valence-electron chi connectivity index (χ4n) is 2.40. The van der Waals surface area contributed by atoms with Gasteiger partial charge in [-0.15, -0.1) is 0 Å². The topological polar surface area (TPSA) is 29.5 Å². The molecule has 1 aliphatic rings. The van der Waals surface area contributed by atoms with Crippen LogP contribution in [0.25, 0.3) is 0 Å². The van der Waals surface area contributed by atoms with Crippen LogP contribution in [0.4, 0.5) is 0 Å². The van der Waals surface area contributed by atoms with Crippen LogP contribution >= 0.6 is 0 Å². The maximum Gasteiger partial charge on any atom is 0.0703 e. The monoisotopic (exact) mass is 214 g/mol. The van der Waals surface area contributed by atoms with E-state index >= 15 is 0 Å². The van der Waals surface area contributed by atoms with Crippen molar-refractivity contribution in [1.29, 1.82) is 0 Å². The van der Waals surface area contributed by atoms with E-state index < -0.39 is 0 Å². The summed E-state index contributed by atoms with van der Waals surface area (Å²) in [6.07, 6.45) is 10.1. The van der Waals surface area contributed by atoms with Gasteiger partial charge in [-0.05, 0) is 25.7 Å². The summed E-state index contributed by atoms with van der Waals surface area (Å²) in [5, 5.41) is 9.90. The Morgan fingerprint density at radius 2 is 2.00 bits per heavy atom. The normalized spacial score (nSPS) is 21.0. The molecule has 1 N–H and O–H groups in total. The zero-order valence-electron chi connectivity index (χ0n) is 10.3. The average Bonchev–Trinajstić information content (AvgIpc) is 2.18. The molecule has 0 spiro atoms. The van der Waals surface area contributed by atoms with Crippen LogP contribution in [0.2, 0.25) is 0 Å². The first-order chi connectivity index (χ1) is 7.22. The fourth-order valence-corrected chi connectivity index (χ4v) is 2.40. The van der Waals surface area contributed by atoms with Gasteiger partial charge in [0.05, 0.1) is 11.7 Å². The molecule has 1 rings (SSSR count). The van der Waals surface area contributed by atoms with Gasteiger partial charge < -0.3 is 9.84 Å². The highest BCUT2D eigenvalue weighted by Crippen LogP contribution is 2.39. The van der Waals surface area contributed by atoms with Crippen molar-refractivity contribution in [3.63, 3.8) is 0 Å². The molecule has 0 heterocycles. The van der Waals surface area contributed by atoms with Crippen LogP contribution in [0.5, 0.6) is 0 Å². The van der Waals surface area contributed by atoms with Gasteiger partial charge in [0, 0.05) is 13.5 Å². The van der Waals surface area contributed by atoms with Gasteiger partial charge in [-0.2, -0.15) is 0 Å². The average molecular weight is 214 g/mol. The Balaban J connectivity index is 2.09. The second-order valence-electron chi connectivity index (χ2n) is 4.95. The highest BCUT2D eigenvalue weighted by molar-refractivity contribution is 4.91. The minimum absolute atomic E-state index is 0.0319. The minimum Gasteiger partial charge on any atom is -0.393 e. The molecule has 90 valence electrons. The molecule has 0 aromatic rings. The molecule has 0 amide bonds. The lowest BCUT2D eigenvalue weighted by molar-refractivity contribution is -0.100. The van der Waals surface area contributed by atoms with E-state index in [2.05, 4.69) is 6.92 Å². The third kappa shape index (κ3) is 4.12. The SMILES string of the molecule is CCCCCCC(O)CC1(OC)CCC1. The second kappa shape index (κ2) is 6.49. The van der Waals surface area contributed by atoms with Gasteiger partial charge in [0.1, 0.15) is 0 Å². The van der Waals surface area contributed by atoms with Crippen LogP contribution in [0.3, 0.4) is 0 Å². The predicted molar refractivity (Wildman–Crippen MR) is 63.0 cm³/mol. The summed E-state index contributed by atoms with van der Waals surface area (Å²) in [5.41, 5.74) is 0.0319. The zero-order valence-corrected chi connectivity index (χ0v) is 10.3. The summed E-state index contributed by atoms with van der Waals surface area (Å²) in [6, 6.07) is 0. The van der Waals surface area contributed by atoms with E-state index in [-0.39, 0.29) is 11.7 Å². The molecule has 0 radical (unpaired) electrons. The van der Waals surface area contributed by atoms with E-state index in [1.165, 1.54) is 25.7 Å². The van der Waals surface area contributed by atoms with Crippen LogP contribution in [0.15, 0.2) is 0 Å². The molecule has 0 saturated heterocycles. The van der Waals surface area contributed by atoms with Gasteiger partial charge >= 0.3 is 0 Å². The number of ether oxygens (including phenoxy) is 1. The summed E-state index contributed by atoms with van der Waals surface area (Å²) in [7, 11) is 1.78. The Kier molecular flexibility index (Phi) is 5.62. The number of hydrogen-bond donors (Lipinski definition) is 1. The van der Waals surface area contributed by atoms with Crippen LogP contribution in [0, 0.1) is 0 Å². The minimum atomic E-state index is -0.151. The van der Waals surface area contributed by atoms with Crippen molar-refractivity contribution >= 4 is 0 Å². The van der Waals surface area contributed by atoms with Crippen LogP contribution < -0.4 is 0 Å². The summed E-state index contributed by atoms with van der Waals surface area (Å²) < 4.78 is 5.51. The fraction of sp³-hybridized carbons (Fsp3) is 1.00. The molecule has 1 unspecified atom stereocenters. The van der Waals surface area contributed by atoms with Crippen molar-refractivity contribution in [1.82, 2.24) is 0 Å². The van der Waals surface area contributed by atoms with Gasteiger partial charge in [0.15, 0.2) is 0 Å². The third-order valence-electron chi connectivity index (χ3n) is 3.70. The van der Waals surface area contributed by atoms with E-state index in [0.717, 1.165) is 32.1 Å². The number of unbranched alkanes of at least 4 members (excludes halogenated alkanes) is 3.